The number of hydrogen-bond donors (Lipinski definition) is 0. The number of nitrogens with zero attached hydrogens (tertiary/aromatic N) is 3. The molecule has 0 spiro atoms. The van der Waals surface area contributed by atoms with E-state index >= 15 is 0 Å². The number of carbonyl (C=O) groups is 1. The van der Waals surface area contributed by atoms with Gasteiger partial charge in [0.2, 0.25) is 5.91 Å². The van der Waals surface area contributed by atoms with Gasteiger partial charge in [-0.2, -0.15) is 0 Å². The van der Waals surface area contributed by atoms with Gasteiger partial charge >= 0.3 is 0 Å². The van der Waals surface area contributed by atoms with Crippen LogP contribution in [0.15, 0.2) is 24.5 Å². The molecule has 1 aliphatic heterocycles. The average Bonchev–Trinajstić information content (AvgIpc) is 2.80. The van der Waals surface area contributed by atoms with Crippen LogP contribution in [0, 0.1) is 12.8 Å². The highest BCUT2D eigenvalue weighted by Gasteiger charge is 2.21. The second-order valence-electron chi connectivity index (χ2n) is 5.97. The van der Waals surface area contributed by atoms with Gasteiger partial charge in [0.15, 0.2) is 0 Å². The summed E-state index contributed by atoms with van der Waals surface area (Å²) in [4.78, 5) is 18.9. The molecule has 1 aliphatic rings. The van der Waals surface area contributed by atoms with Crippen LogP contribution in [-0.4, -0.2) is 33.3 Å². The Labute approximate surface area is 119 Å². The molecule has 0 aromatic carbocycles. The molecular formula is C16H21N3O. The van der Waals surface area contributed by atoms with Crippen molar-refractivity contribution in [3.63, 3.8) is 0 Å². The van der Waals surface area contributed by atoms with Crippen LogP contribution < -0.4 is 0 Å². The predicted molar refractivity (Wildman–Crippen MR) is 78.6 cm³/mol. The van der Waals surface area contributed by atoms with Crippen molar-refractivity contribution in [3.8, 4) is 0 Å². The monoisotopic (exact) mass is 271 g/mol. The number of aromatic nitrogens is 2. The number of aryl methyl sites for hydroxylation is 1. The number of amides is 1. The predicted octanol–water partition coefficient (Wildman–Crippen LogP) is 2.44. The van der Waals surface area contributed by atoms with E-state index in [-0.39, 0.29) is 5.91 Å². The van der Waals surface area contributed by atoms with Gasteiger partial charge in [-0.1, -0.05) is 6.92 Å². The fourth-order valence-electron chi connectivity index (χ4n) is 2.90. The summed E-state index contributed by atoms with van der Waals surface area (Å²) in [6.45, 7) is 6.06. The number of imidazole rings is 1. The first-order valence-corrected chi connectivity index (χ1v) is 7.34. The lowest BCUT2D eigenvalue weighted by atomic mass is 10.00. The minimum absolute atomic E-state index is 0.205. The fourth-order valence-corrected chi connectivity index (χ4v) is 2.90. The molecule has 0 aliphatic carbocycles. The SMILES string of the molecule is Cc1ccn2cc(CC(=O)N3CCCC(C)C3)nc2c1. The second-order valence-corrected chi connectivity index (χ2v) is 5.97. The molecule has 2 aromatic rings. The molecule has 3 heterocycles. The van der Waals surface area contributed by atoms with Gasteiger partial charge in [0.05, 0.1) is 12.1 Å². The van der Waals surface area contributed by atoms with Crippen LogP contribution >= 0.6 is 0 Å². The third-order valence-corrected chi connectivity index (χ3v) is 4.01. The lowest BCUT2D eigenvalue weighted by Crippen LogP contribution is -2.39. The van der Waals surface area contributed by atoms with Gasteiger partial charge in [-0.15, -0.1) is 0 Å². The lowest BCUT2D eigenvalue weighted by molar-refractivity contribution is -0.132. The second kappa shape index (κ2) is 5.27. The molecule has 106 valence electrons. The van der Waals surface area contributed by atoms with Crippen LogP contribution in [0.2, 0.25) is 0 Å². The van der Waals surface area contributed by atoms with Gasteiger partial charge in [-0.3, -0.25) is 4.79 Å². The number of fused-ring (bicyclic) bond motifs is 1. The molecule has 1 fully saturated rings. The van der Waals surface area contributed by atoms with E-state index in [4.69, 9.17) is 0 Å². The molecule has 0 saturated carbocycles. The Kier molecular flexibility index (Phi) is 3.47. The van der Waals surface area contributed by atoms with Crippen molar-refractivity contribution in [1.29, 1.82) is 0 Å². The third-order valence-electron chi connectivity index (χ3n) is 4.01. The van der Waals surface area contributed by atoms with Crippen LogP contribution in [0.1, 0.15) is 31.0 Å². The molecule has 3 rings (SSSR count). The largest absolute Gasteiger partial charge is 0.342 e. The maximum Gasteiger partial charge on any atom is 0.228 e. The molecule has 1 atom stereocenters. The zero-order chi connectivity index (χ0) is 14.1. The van der Waals surface area contributed by atoms with Crippen LogP contribution in [-0.2, 0) is 11.2 Å². The molecule has 0 radical (unpaired) electrons. The van der Waals surface area contributed by atoms with Crippen molar-refractivity contribution in [3.05, 3.63) is 35.8 Å². The van der Waals surface area contributed by atoms with Crippen molar-refractivity contribution >= 4 is 11.6 Å². The molecule has 0 bridgehead atoms. The summed E-state index contributed by atoms with van der Waals surface area (Å²) >= 11 is 0. The zero-order valence-electron chi connectivity index (χ0n) is 12.2. The lowest BCUT2D eigenvalue weighted by Gasteiger charge is -2.30. The fraction of sp³-hybridized carbons (Fsp3) is 0.500. The molecule has 1 saturated heterocycles. The Morgan fingerprint density at radius 3 is 3.15 bits per heavy atom. The number of carbonyl (C=O) groups excluding carboxylic acids is 1. The van der Waals surface area contributed by atoms with Gasteiger partial charge in [-0.05, 0) is 43.4 Å². The summed E-state index contributed by atoms with van der Waals surface area (Å²) in [6, 6.07) is 4.09. The molecule has 20 heavy (non-hydrogen) atoms. The Balaban J connectivity index is 1.73. The highest BCUT2D eigenvalue weighted by Crippen LogP contribution is 2.17. The van der Waals surface area contributed by atoms with Crippen LogP contribution in [0.25, 0.3) is 5.65 Å². The van der Waals surface area contributed by atoms with Crippen LogP contribution in [0.5, 0.6) is 0 Å². The molecule has 4 nitrogen and oxygen atoms in total. The van der Waals surface area contributed by atoms with Crippen molar-refractivity contribution < 1.29 is 4.79 Å². The van der Waals surface area contributed by atoms with Crippen LogP contribution in [0.3, 0.4) is 0 Å². The zero-order valence-corrected chi connectivity index (χ0v) is 12.2. The smallest absolute Gasteiger partial charge is 0.228 e. The van der Waals surface area contributed by atoms with Crippen molar-refractivity contribution in [2.75, 3.05) is 13.1 Å². The van der Waals surface area contributed by atoms with Gasteiger partial charge in [0.1, 0.15) is 5.65 Å². The van der Waals surface area contributed by atoms with E-state index in [9.17, 15) is 4.79 Å². The Hall–Kier alpha value is -1.84. The Morgan fingerprint density at radius 2 is 2.35 bits per heavy atom. The maximum absolute atomic E-state index is 12.3. The molecule has 2 aromatic heterocycles. The van der Waals surface area contributed by atoms with Crippen molar-refractivity contribution in [1.82, 2.24) is 14.3 Å². The maximum atomic E-state index is 12.3. The standard InChI is InChI=1S/C16H21N3O/c1-12-5-7-18-11-14(17-15(18)8-12)9-16(20)19-6-3-4-13(2)10-19/h5,7-8,11,13H,3-4,6,9-10H2,1-2H3. The first-order chi connectivity index (χ1) is 9.61. The normalized spacial score (nSPS) is 19.5. The highest BCUT2D eigenvalue weighted by atomic mass is 16.2. The number of hydrogen-bond acceptors (Lipinski definition) is 2. The Bertz CT molecular complexity index is 632. The first kappa shape index (κ1) is 13.2. The molecule has 1 unspecified atom stereocenters. The third kappa shape index (κ3) is 2.69. The molecule has 1 amide bonds. The minimum Gasteiger partial charge on any atom is -0.342 e. The van der Waals surface area contributed by atoms with E-state index in [1.807, 2.05) is 33.8 Å². The van der Waals surface area contributed by atoms with E-state index in [0.717, 1.165) is 30.9 Å². The van der Waals surface area contributed by atoms with Crippen LogP contribution in [0.4, 0.5) is 0 Å². The van der Waals surface area contributed by atoms with E-state index in [1.165, 1.54) is 12.0 Å². The summed E-state index contributed by atoms with van der Waals surface area (Å²) in [7, 11) is 0. The van der Waals surface area contributed by atoms with Gasteiger partial charge < -0.3 is 9.30 Å². The average molecular weight is 271 g/mol. The Morgan fingerprint density at radius 1 is 1.50 bits per heavy atom. The van der Waals surface area contributed by atoms with Gasteiger partial charge in [0.25, 0.3) is 0 Å². The minimum atomic E-state index is 0.205. The summed E-state index contributed by atoms with van der Waals surface area (Å²) in [5.74, 6) is 0.827. The van der Waals surface area contributed by atoms with E-state index in [2.05, 4.69) is 18.8 Å². The van der Waals surface area contributed by atoms with E-state index in [1.54, 1.807) is 0 Å². The highest BCUT2D eigenvalue weighted by molar-refractivity contribution is 5.78. The van der Waals surface area contributed by atoms with E-state index < -0.39 is 0 Å². The van der Waals surface area contributed by atoms with E-state index in [0.29, 0.717) is 12.3 Å². The van der Waals surface area contributed by atoms with Crippen molar-refractivity contribution in [2.24, 2.45) is 5.92 Å². The molecule has 0 N–H and O–H groups in total. The van der Waals surface area contributed by atoms with Gasteiger partial charge in [0, 0.05) is 25.5 Å². The topological polar surface area (TPSA) is 37.6 Å². The van der Waals surface area contributed by atoms with Crippen molar-refractivity contribution in [2.45, 2.75) is 33.1 Å². The summed E-state index contributed by atoms with van der Waals surface area (Å²) in [5, 5.41) is 0. The molecular weight excluding hydrogens is 250 g/mol. The number of rotatable bonds is 2. The summed E-state index contributed by atoms with van der Waals surface area (Å²) in [5.41, 5.74) is 2.96. The quantitative estimate of drug-likeness (QED) is 0.841. The number of pyridine rings is 1. The molecule has 4 heteroatoms. The summed E-state index contributed by atoms with van der Waals surface area (Å²) in [6.07, 6.45) is 6.72. The number of piperidine rings is 1. The number of likely N-dealkylation sites (tertiary alicyclic amines) is 1. The first-order valence-electron chi connectivity index (χ1n) is 7.34. The van der Waals surface area contributed by atoms with Gasteiger partial charge in [-0.25, -0.2) is 4.98 Å². The summed E-state index contributed by atoms with van der Waals surface area (Å²) < 4.78 is 1.98.